The van der Waals surface area contributed by atoms with Gasteiger partial charge in [-0.15, -0.1) is 0 Å². The van der Waals surface area contributed by atoms with E-state index in [4.69, 9.17) is 9.79 Å². The first-order chi connectivity index (χ1) is 18.2. The van der Waals surface area contributed by atoms with E-state index < -0.39 is 54.1 Å². The SMILES string of the molecule is CCN1C=CC(/C=C/c2c(C)c(C(F)(F)F)c(/C=C/c3ccn(NCCP(O)O)c3)c(C)c2C(F)(F)F)=CC1. The van der Waals surface area contributed by atoms with E-state index in [-0.39, 0.29) is 12.7 Å². The molecule has 212 valence electrons. The molecule has 0 bridgehead atoms. The number of hydrogen-bond donors (Lipinski definition) is 3. The Morgan fingerprint density at radius 3 is 2.03 bits per heavy atom. The first-order valence-electron chi connectivity index (χ1n) is 12.1. The van der Waals surface area contributed by atoms with Crippen LogP contribution in [-0.2, 0) is 12.4 Å². The number of likely N-dealkylation sites (N-methyl/N-ethyl adjacent to an activating group) is 1. The van der Waals surface area contributed by atoms with Crippen LogP contribution < -0.4 is 5.43 Å². The molecule has 3 N–H and O–H groups in total. The summed E-state index contributed by atoms with van der Waals surface area (Å²) >= 11 is 0. The lowest BCUT2D eigenvalue weighted by Gasteiger charge is -2.24. The molecule has 5 nitrogen and oxygen atoms in total. The smallest absolute Gasteiger partial charge is 0.374 e. The number of nitrogens with zero attached hydrogens (tertiary/aromatic N) is 2. The molecule has 0 radical (unpaired) electrons. The molecule has 12 heteroatoms. The van der Waals surface area contributed by atoms with Gasteiger partial charge in [0.05, 0.1) is 11.1 Å². The number of hydrogen-bond acceptors (Lipinski definition) is 4. The first-order valence-corrected chi connectivity index (χ1v) is 13.5. The molecule has 0 aliphatic carbocycles. The maximum absolute atomic E-state index is 14.3. The quantitative estimate of drug-likeness (QED) is 0.225. The van der Waals surface area contributed by atoms with Crippen LogP contribution in [0.2, 0.25) is 0 Å². The average molecular weight is 574 g/mol. The molecule has 2 aromatic rings. The Morgan fingerprint density at radius 1 is 0.949 bits per heavy atom. The highest BCUT2D eigenvalue weighted by Gasteiger charge is 2.42. The first kappa shape index (κ1) is 30.5. The molecule has 39 heavy (non-hydrogen) atoms. The van der Waals surface area contributed by atoms with Crippen LogP contribution in [0.5, 0.6) is 0 Å². The van der Waals surface area contributed by atoms with Gasteiger partial charge in [-0.2, -0.15) is 26.3 Å². The predicted molar refractivity (Wildman–Crippen MR) is 143 cm³/mol. The maximum Gasteiger partial charge on any atom is 0.417 e. The summed E-state index contributed by atoms with van der Waals surface area (Å²) in [5.41, 5.74) is -0.397. The number of nitrogens with one attached hydrogen (secondary N) is 1. The average Bonchev–Trinajstić information content (AvgIpc) is 3.29. The van der Waals surface area contributed by atoms with Crippen molar-refractivity contribution in [2.75, 3.05) is 31.2 Å². The fraction of sp³-hybridized carbons (Fsp3) is 0.333. The zero-order chi connectivity index (χ0) is 29.0. The highest BCUT2D eigenvalue weighted by Crippen LogP contribution is 2.45. The highest BCUT2D eigenvalue weighted by molar-refractivity contribution is 7.45. The van der Waals surface area contributed by atoms with Gasteiger partial charge in [0.1, 0.15) is 0 Å². The largest absolute Gasteiger partial charge is 0.417 e. The molecule has 0 unspecified atom stereocenters. The Labute approximate surface area is 224 Å². The van der Waals surface area contributed by atoms with E-state index in [2.05, 4.69) is 5.43 Å². The monoisotopic (exact) mass is 573 g/mol. The predicted octanol–water partition coefficient (Wildman–Crippen LogP) is 6.94. The zero-order valence-corrected chi connectivity index (χ0v) is 22.5. The van der Waals surface area contributed by atoms with E-state index in [0.29, 0.717) is 17.7 Å². The molecule has 1 aliphatic rings. The Kier molecular flexibility index (Phi) is 9.74. The number of benzene rings is 1. The van der Waals surface area contributed by atoms with E-state index >= 15 is 0 Å². The van der Waals surface area contributed by atoms with E-state index in [1.54, 1.807) is 30.6 Å². The van der Waals surface area contributed by atoms with Crippen molar-refractivity contribution in [1.29, 1.82) is 0 Å². The molecular formula is C27H30F6N3O2P. The molecule has 3 rings (SSSR count). The number of aromatic nitrogens is 1. The van der Waals surface area contributed by atoms with Crippen LogP contribution >= 0.6 is 8.38 Å². The lowest BCUT2D eigenvalue weighted by atomic mass is 9.86. The fourth-order valence-corrected chi connectivity index (χ4v) is 4.64. The third-order valence-electron chi connectivity index (χ3n) is 6.32. The number of rotatable bonds is 9. The number of halogens is 6. The minimum Gasteiger partial charge on any atom is -0.374 e. The fourth-order valence-electron chi connectivity index (χ4n) is 4.34. The van der Waals surface area contributed by atoms with Crippen molar-refractivity contribution in [3.05, 3.63) is 87.4 Å². The van der Waals surface area contributed by atoms with Crippen LogP contribution in [0, 0.1) is 13.8 Å². The van der Waals surface area contributed by atoms with Gasteiger partial charge < -0.3 is 20.1 Å². The van der Waals surface area contributed by atoms with E-state index in [1.165, 1.54) is 23.0 Å². The van der Waals surface area contributed by atoms with Gasteiger partial charge in [0.2, 0.25) is 0 Å². The Bertz CT molecular complexity index is 1290. The molecule has 1 aromatic heterocycles. The Balaban J connectivity index is 2.07. The Hall–Kier alpha value is -3.01. The standard InChI is InChI=1S/C27H30F6N3O2P/c1-4-35-13-9-20(10-14-35)5-7-22-18(2)25(27(31,32)33)23(19(3)24(22)26(28,29)30)8-6-21-11-15-36(17-21)34-12-16-39(37)38/h5-11,13,15,17,34,37-38H,4,12,14,16H2,1-3H3/b7-5+,8-6+. The number of allylic oxidation sites excluding steroid dienone is 3. The van der Waals surface area contributed by atoms with Gasteiger partial charge in [0, 0.05) is 38.2 Å². The van der Waals surface area contributed by atoms with Crippen molar-refractivity contribution in [1.82, 2.24) is 9.58 Å². The summed E-state index contributed by atoms with van der Waals surface area (Å²) in [4.78, 5) is 19.9. The van der Waals surface area contributed by atoms with Crippen LogP contribution in [0.3, 0.4) is 0 Å². The molecule has 0 fully saturated rings. The molecule has 1 aromatic carbocycles. The second-order valence-electron chi connectivity index (χ2n) is 8.95. The van der Waals surface area contributed by atoms with Crippen molar-refractivity contribution < 1.29 is 36.1 Å². The van der Waals surface area contributed by atoms with E-state index in [9.17, 15) is 26.3 Å². The molecule has 2 heterocycles. The molecule has 1 aliphatic heterocycles. The van der Waals surface area contributed by atoms with Crippen molar-refractivity contribution in [2.24, 2.45) is 0 Å². The van der Waals surface area contributed by atoms with Gasteiger partial charge in [0.25, 0.3) is 0 Å². The van der Waals surface area contributed by atoms with Crippen LogP contribution in [0.1, 0.15) is 45.9 Å². The zero-order valence-electron chi connectivity index (χ0n) is 21.6. The second-order valence-corrected chi connectivity index (χ2v) is 10.1. The van der Waals surface area contributed by atoms with Crippen LogP contribution in [0.4, 0.5) is 26.3 Å². The van der Waals surface area contributed by atoms with Crippen molar-refractivity contribution in [3.8, 4) is 0 Å². The molecule has 0 atom stereocenters. The van der Waals surface area contributed by atoms with Gasteiger partial charge in [0.15, 0.2) is 8.38 Å². The summed E-state index contributed by atoms with van der Waals surface area (Å²) < 4.78 is 87.2. The minimum atomic E-state index is -4.90. The summed E-state index contributed by atoms with van der Waals surface area (Å²) in [6.45, 7) is 5.61. The summed E-state index contributed by atoms with van der Waals surface area (Å²) in [6.07, 6.45) is 3.58. The minimum absolute atomic E-state index is 0.109. The summed E-state index contributed by atoms with van der Waals surface area (Å²) in [5, 5.41) is 0. The highest BCUT2D eigenvalue weighted by atomic mass is 31.2. The van der Waals surface area contributed by atoms with E-state index in [1.807, 2.05) is 11.8 Å². The molecule has 0 saturated heterocycles. The molecule has 0 spiro atoms. The van der Waals surface area contributed by atoms with Crippen molar-refractivity contribution in [2.45, 2.75) is 33.1 Å². The van der Waals surface area contributed by atoms with Gasteiger partial charge >= 0.3 is 12.4 Å². The van der Waals surface area contributed by atoms with Gasteiger partial charge in [-0.1, -0.05) is 30.4 Å². The third kappa shape index (κ3) is 7.77. The lowest BCUT2D eigenvalue weighted by Crippen LogP contribution is -2.19. The Morgan fingerprint density at radius 2 is 1.54 bits per heavy atom. The lowest BCUT2D eigenvalue weighted by molar-refractivity contribution is -0.142. The molecule has 0 amide bonds. The van der Waals surface area contributed by atoms with E-state index in [0.717, 1.165) is 32.5 Å². The maximum atomic E-state index is 14.3. The van der Waals surface area contributed by atoms with Gasteiger partial charge in [-0.05, 0) is 72.5 Å². The summed E-state index contributed by atoms with van der Waals surface area (Å²) in [5.74, 6) is 0. The van der Waals surface area contributed by atoms with Crippen LogP contribution in [-0.4, -0.2) is 45.2 Å². The topological polar surface area (TPSA) is 60.7 Å². The van der Waals surface area contributed by atoms with Crippen LogP contribution in [0.15, 0.2) is 48.5 Å². The molecular weight excluding hydrogens is 543 g/mol. The number of alkyl halides is 6. The molecule has 0 saturated carbocycles. The summed E-state index contributed by atoms with van der Waals surface area (Å²) in [7, 11) is -2.08. The van der Waals surface area contributed by atoms with Crippen LogP contribution in [0.25, 0.3) is 18.2 Å². The van der Waals surface area contributed by atoms with Gasteiger partial charge in [-0.25, -0.2) is 0 Å². The summed E-state index contributed by atoms with van der Waals surface area (Å²) in [6, 6.07) is 1.56. The van der Waals surface area contributed by atoms with Gasteiger partial charge in [-0.3, -0.25) is 4.68 Å². The van der Waals surface area contributed by atoms with Crippen molar-refractivity contribution >= 4 is 26.6 Å². The van der Waals surface area contributed by atoms with Crippen molar-refractivity contribution in [3.63, 3.8) is 0 Å². The normalized spacial score (nSPS) is 14.8. The third-order valence-corrected chi connectivity index (χ3v) is 6.94. The second kappa shape index (κ2) is 12.4.